The molecule has 3 heteroatoms. The molecule has 1 aliphatic rings. The molecule has 0 spiro atoms. The molecule has 0 saturated heterocycles. The number of hydrogen-bond acceptors (Lipinski definition) is 3. The van der Waals surface area contributed by atoms with Crippen LogP contribution in [0.1, 0.15) is 33.1 Å². The van der Waals surface area contributed by atoms with Crippen molar-refractivity contribution < 1.29 is 9.47 Å². The van der Waals surface area contributed by atoms with Gasteiger partial charge in [-0.05, 0) is 39.2 Å². The monoisotopic (exact) mass is 201 g/mol. The van der Waals surface area contributed by atoms with E-state index in [9.17, 15) is 0 Å². The van der Waals surface area contributed by atoms with E-state index in [4.69, 9.17) is 15.2 Å². The van der Waals surface area contributed by atoms with Gasteiger partial charge in [-0.1, -0.05) is 6.42 Å². The van der Waals surface area contributed by atoms with Gasteiger partial charge >= 0.3 is 0 Å². The van der Waals surface area contributed by atoms with E-state index < -0.39 is 0 Å². The Morgan fingerprint density at radius 1 is 1.29 bits per heavy atom. The van der Waals surface area contributed by atoms with Crippen LogP contribution in [0.5, 0.6) is 0 Å². The van der Waals surface area contributed by atoms with Gasteiger partial charge in [-0.25, -0.2) is 0 Å². The second kappa shape index (κ2) is 6.38. The van der Waals surface area contributed by atoms with Gasteiger partial charge in [0.25, 0.3) is 0 Å². The van der Waals surface area contributed by atoms with Crippen molar-refractivity contribution in [1.29, 1.82) is 0 Å². The molecule has 0 bridgehead atoms. The highest BCUT2D eigenvalue weighted by atomic mass is 16.5. The highest BCUT2D eigenvalue weighted by Crippen LogP contribution is 2.27. The minimum absolute atomic E-state index is 0.299. The third-order valence-corrected chi connectivity index (χ3v) is 2.76. The smallest absolute Gasteiger partial charge is 0.0704 e. The quantitative estimate of drug-likeness (QED) is 0.663. The lowest BCUT2D eigenvalue weighted by Gasteiger charge is -2.18. The van der Waals surface area contributed by atoms with Crippen LogP contribution in [0.2, 0.25) is 0 Å². The average Bonchev–Trinajstić information content (AvgIpc) is 2.59. The molecule has 1 fully saturated rings. The fourth-order valence-corrected chi connectivity index (χ4v) is 1.98. The zero-order chi connectivity index (χ0) is 10.4. The van der Waals surface area contributed by atoms with Crippen LogP contribution in [0.3, 0.4) is 0 Å². The van der Waals surface area contributed by atoms with E-state index in [1.165, 1.54) is 19.3 Å². The molecule has 3 nitrogen and oxygen atoms in total. The number of rotatable bonds is 6. The van der Waals surface area contributed by atoms with Gasteiger partial charge < -0.3 is 15.2 Å². The molecule has 0 aromatic carbocycles. The summed E-state index contributed by atoms with van der Waals surface area (Å²) in [5.41, 5.74) is 5.67. The predicted octanol–water partition coefficient (Wildman–Crippen LogP) is 1.56. The molecule has 84 valence electrons. The molecule has 2 N–H and O–H groups in total. The molecular weight excluding hydrogens is 178 g/mol. The Balaban J connectivity index is 2.05. The summed E-state index contributed by atoms with van der Waals surface area (Å²) in [6.07, 6.45) is 4.34. The second-order valence-corrected chi connectivity index (χ2v) is 4.26. The van der Waals surface area contributed by atoms with Crippen LogP contribution >= 0.6 is 0 Å². The van der Waals surface area contributed by atoms with Gasteiger partial charge in [0.1, 0.15) is 0 Å². The minimum Gasteiger partial charge on any atom is -0.376 e. The Kier molecular flexibility index (Phi) is 5.45. The number of ether oxygens (including phenoxy) is 2. The summed E-state index contributed by atoms with van der Waals surface area (Å²) < 4.78 is 11.2. The second-order valence-electron chi connectivity index (χ2n) is 4.26. The van der Waals surface area contributed by atoms with Crippen LogP contribution in [-0.2, 0) is 9.47 Å². The van der Waals surface area contributed by atoms with Crippen LogP contribution in [0, 0.1) is 5.92 Å². The summed E-state index contributed by atoms with van der Waals surface area (Å²) in [4.78, 5) is 0. The highest BCUT2D eigenvalue weighted by Gasteiger charge is 2.26. The Hall–Kier alpha value is -0.120. The summed E-state index contributed by atoms with van der Waals surface area (Å²) in [5, 5.41) is 0. The Labute approximate surface area is 86.9 Å². The fraction of sp³-hybridized carbons (Fsp3) is 1.00. The molecule has 0 aromatic rings. The first-order valence-electron chi connectivity index (χ1n) is 5.67. The van der Waals surface area contributed by atoms with Crippen LogP contribution < -0.4 is 5.73 Å². The zero-order valence-electron chi connectivity index (χ0n) is 9.37. The predicted molar refractivity (Wildman–Crippen MR) is 57.2 cm³/mol. The van der Waals surface area contributed by atoms with Crippen LogP contribution in [0.25, 0.3) is 0 Å². The van der Waals surface area contributed by atoms with Crippen molar-refractivity contribution >= 4 is 0 Å². The van der Waals surface area contributed by atoms with Crippen molar-refractivity contribution in [2.24, 2.45) is 11.7 Å². The number of nitrogens with two attached hydrogens (primary N) is 1. The van der Waals surface area contributed by atoms with Gasteiger partial charge in [0.2, 0.25) is 0 Å². The largest absolute Gasteiger partial charge is 0.376 e. The zero-order valence-corrected chi connectivity index (χ0v) is 9.37. The minimum atomic E-state index is 0.299. The van der Waals surface area contributed by atoms with E-state index in [-0.39, 0.29) is 0 Å². The molecular formula is C11H23NO2. The summed E-state index contributed by atoms with van der Waals surface area (Å²) >= 11 is 0. The molecule has 1 saturated carbocycles. The maximum absolute atomic E-state index is 5.75. The van der Waals surface area contributed by atoms with Crippen molar-refractivity contribution in [1.82, 2.24) is 0 Å². The Morgan fingerprint density at radius 3 is 2.71 bits per heavy atom. The third-order valence-electron chi connectivity index (χ3n) is 2.76. The molecule has 1 aliphatic carbocycles. The van der Waals surface area contributed by atoms with Gasteiger partial charge in [-0.2, -0.15) is 0 Å². The van der Waals surface area contributed by atoms with Gasteiger partial charge in [-0.15, -0.1) is 0 Å². The first-order chi connectivity index (χ1) is 6.74. The molecule has 2 unspecified atom stereocenters. The Bertz CT molecular complexity index is 150. The summed E-state index contributed by atoms with van der Waals surface area (Å²) in [5.74, 6) is 0.578. The maximum atomic E-state index is 5.75. The SMILES string of the molecule is CC(C)OCCOC1CCCC1CN. The lowest BCUT2D eigenvalue weighted by Crippen LogP contribution is -2.26. The van der Waals surface area contributed by atoms with Gasteiger partial charge in [0.05, 0.1) is 25.4 Å². The highest BCUT2D eigenvalue weighted by molar-refractivity contribution is 4.78. The number of hydrogen-bond donors (Lipinski definition) is 1. The summed E-state index contributed by atoms with van der Waals surface area (Å²) in [6, 6.07) is 0. The average molecular weight is 201 g/mol. The molecule has 0 heterocycles. The van der Waals surface area contributed by atoms with Crippen molar-refractivity contribution in [2.75, 3.05) is 19.8 Å². The van der Waals surface area contributed by atoms with Crippen LogP contribution in [0.15, 0.2) is 0 Å². The van der Waals surface area contributed by atoms with Gasteiger partial charge in [0.15, 0.2) is 0 Å². The van der Waals surface area contributed by atoms with E-state index in [0.717, 1.165) is 6.54 Å². The van der Waals surface area contributed by atoms with Crippen molar-refractivity contribution in [3.63, 3.8) is 0 Å². The molecule has 0 aliphatic heterocycles. The fourth-order valence-electron chi connectivity index (χ4n) is 1.98. The van der Waals surface area contributed by atoms with Crippen molar-refractivity contribution in [3.8, 4) is 0 Å². The molecule has 2 atom stereocenters. The molecule has 0 radical (unpaired) electrons. The van der Waals surface area contributed by atoms with Gasteiger partial charge in [0, 0.05) is 0 Å². The maximum Gasteiger partial charge on any atom is 0.0704 e. The van der Waals surface area contributed by atoms with E-state index in [1.54, 1.807) is 0 Å². The molecule has 0 amide bonds. The molecule has 1 rings (SSSR count). The van der Waals surface area contributed by atoms with Crippen molar-refractivity contribution in [3.05, 3.63) is 0 Å². The normalized spacial score (nSPS) is 27.4. The Morgan fingerprint density at radius 2 is 2.07 bits per heavy atom. The topological polar surface area (TPSA) is 44.5 Å². The van der Waals surface area contributed by atoms with E-state index in [1.807, 2.05) is 13.8 Å². The van der Waals surface area contributed by atoms with Crippen molar-refractivity contribution in [2.45, 2.75) is 45.3 Å². The van der Waals surface area contributed by atoms with E-state index in [0.29, 0.717) is 31.3 Å². The summed E-state index contributed by atoms with van der Waals surface area (Å²) in [7, 11) is 0. The first kappa shape index (κ1) is 12.0. The standard InChI is InChI=1S/C11H23NO2/c1-9(2)13-6-7-14-11-5-3-4-10(11)8-12/h9-11H,3-8,12H2,1-2H3. The van der Waals surface area contributed by atoms with Crippen LogP contribution in [0.4, 0.5) is 0 Å². The first-order valence-corrected chi connectivity index (χ1v) is 5.67. The lowest BCUT2D eigenvalue weighted by molar-refractivity contribution is -0.0236. The van der Waals surface area contributed by atoms with E-state index in [2.05, 4.69) is 0 Å². The lowest BCUT2D eigenvalue weighted by atomic mass is 10.1. The molecule has 14 heavy (non-hydrogen) atoms. The van der Waals surface area contributed by atoms with E-state index >= 15 is 0 Å². The summed E-state index contributed by atoms with van der Waals surface area (Å²) in [6.45, 7) is 6.25. The van der Waals surface area contributed by atoms with Crippen LogP contribution in [-0.4, -0.2) is 32.0 Å². The van der Waals surface area contributed by atoms with Gasteiger partial charge in [-0.3, -0.25) is 0 Å². The molecule has 0 aromatic heterocycles. The third kappa shape index (κ3) is 3.95.